The van der Waals surface area contributed by atoms with Crippen LogP contribution in [0.1, 0.15) is 20.8 Å². The fraction of sp³-hybridized carbons (Fsp3) is 0.500. The van der Waals surface area contributed by atoms with Crippen molar-refractivity contribution >= 4 is 0 Å². The van der Waals surface area contributed by atoms with E-state index in [9.17, 15) is 0 Å². The van der Waals surface area contributed by atoms with Gasteiger partial charge in [0.2, 0.25) is 0 Å². The summed E-state index contributed by atoms with van der Waals surface area (Å²) < 4.78 is 0. The highest BCUT2D eigenvalue weighted by molar-refractivity contribution is 4.99. The molecular weight excluding hydrogens is 110 g/mol. The first-order valence-corrected chi connectivity index (χ1v) is 3.37. The maximum atomic E-state index is 2.87. The van der Waals surface area contributed by atoms with Crippen molar-refractivity contribution in [3.05, 3.63) is 24.4 Å². The third-order valence-electron chi connectivity index (χ3n) is 0.566. The van der Waals surface area contributed by atoms with E-state index in [0.29, 0.717) is 0 Å². The van der Waals surface area contributed by atoms with Crippen molar-refractivity contribution < 1.29 is 0 Å². The topological polar surface area (TPSA) is 12.0 Å². The molecule has 0 spiro atoms. The molecule has 0 rings (SSSR count). The van der Waals surface area contributed by atoms with E-state index >= 15 is 0 Å². The van der Waals surface area contributed by atoms with Crippen LogP contribution in [0.5, 0.6) is 0 Å². The van der Waals surface area contributed by atoms with E-state index in [1.807, 2.05) is 52.2 Å². The molecule has 0 aliphatic carbocycles. The van der Waals surface area contributed by atoms with Gasteiger partial charge in [0.25, 0.3) is 0 Å². The van der Waals surface area contributed by atoms with E-state index in [4.69, 9.17) is 0 Å². The molecule has 0 saturated carbocycles. The van der Waals surface area contributed by atoms with E-state index in [2.05, 4.69) is 5.32 Å². The van der Waals surface area contributed by atoms with Gasteiger partial charge in [-0.25, -0.2) is 0 Å². The van der Waals surface area contributed by atoms with Crippen LogP contribution in [-0.2, 0) is 0 Å². The summed E-state index contributed by atoms with van der Waals surface area (Å²) in [5.74, 6) is 0. The molecule has 1 heteroatoms. The molecule has 0 radical (unpaired) electrons. The van der Waals surface area contributed by atoms with Crippen LogP contribution >= 0.6 is 0 Å². The van der Waals surface area contributed by atoms with Gasteiger partial charge in [0.15, 0.2) is 0 Å². The average Bonchev–Trinajstić information content (AvgIpc) is 1.94. The molecule has 0 unspecified atom stereocenters. The van der Waals surface area contributed by atoms with Crippen molar-refractivity contribution in [2.45, 2.75) is 20.8 Å². The predicted octanol–water partition coefficient (Wildman–Crippen LogP) is 2.32. The maximum Gasteiger partial charge on any atom is 0.00277 e. The highest BCUT2D eigenvalue weighted by Gasteiger charge is 1.54. The summed E-state index contributed by atoms with van der Waals surface area (Å²) in [6.07, 6.45) is 7.77. The molecule has 1 nitrogen and oxygen atoms in total. The first kappa shape index (κ1) is 11.1. The van der Waals surface area contributed by atoms with Gasteiger partial charge in [-0.1, -0.05) is 26.0 Å². The molecule has 0 aromatic rings. The predicted molar refractivity (Wildman–Crippen MR) is 44.4 cm³/mol. The Morgan fingerprint density at radius 2 is 1.67 bits per heavy atom. The zero-order valence-electron chi connectivity index (χ0n) is 6.81. The lowest BCUT2D eigenvalue weighted by atomic mass is 10.5. The third-order valence-corrected chi connectivity index (χ3v) is 0.566. The van der Waals surface area contributed by atoms with E-state index in [1.165, 1.54) is 0 Å². The first-order valence-electron chi connectivity index (χ1n) is 3.37. The summed E-state index contributed by atoms with van der Waals surface area (Å²) >= 11 is 0. The molecule has 0 fully saturated rings. The SMILES string of the molecule is C/C=C\C=C/NC.CC. The van der Waals surface area contributed by atoms with Gasteiger partial charge >= 0.3 is 0 Å². The summed E-state index contributed by atoms with van der Waals surface area (Å²) in [5.41, 5.74) is 0. The van der Waals surface area contributed by atoms with Crippen molar-refractivity contribution in [3.8, 4) is 0 Å². The Morgan fingerprint density at radius 1 is 1.11 bits per heavy atom. The van der Waals surface area contributed by atoms with Crippen LogP contribution in [0.15, 0.2) is 24.4 Å². The van der Waals surface area contributed by atoms with Crippen LogP contribution in [0.4, 0.5) is 0 Å². The highest BCUT2D eigenvalue weighted by atomic mass is 14.8. The van der Waals surface area contributed by atoms with Crippen LogP contribution in [0.25, 0.3) is 0 Å². The number of rotatable bonds is 2. The lowest BCUT2D eigenvalue weighted by molar-refractivity contribution is 1.10. The Bertz CT molecular complexity index is 72.6. The molecule has 0 aromatic carbocycles. The minimum absolute atomic E-state index is 1.88. The fourth-order valence-corrected chi connectivity index (χ4v) is 0.263. The molecule has 1 N–H and O–H groups in total. The highest BCUT2D eigenvalue weighted by Crippen LogP contribution is 1.69. The Balaban J connectivity index is 0. The van der Waals surface area contributed by atoms with Gasteiger partial charge < -0.3 is 5.32 Å². The number of hydrogen-bond donors (Lipinski definition) is 1. The zero-order chi connectivity index (χ0) is 7.54. The van der Waals surface area contributed by atoms with Crippen molar-refractivity contribution in [1.82, 2.24) is 5.32 Å². The molecule has 0 atom stereocenters. The normalized spacial score (nSPS) is 9.33. The maximum absolute atomic E-state index is 2.87. The van der Waals surface area contributed by atoms with Gasteiger partial charge in [-0.3, -0.25) is 0 Å². The zero-order valence-corrected chi connectivity index (χ0v) is 6.81. The first-order chi connectivity index (χ1) is 4.41. The van der Waals surface area contributed by atoms with Crippen LogP contribution in [0.3, 0.4) is 0 Å². The van der Waals surface area contributed by atoms with Gasteiger partial charge in [0.05, 0.1) is 0 Å². The summed E-state index contributed by atoms with van der Waals surface area (Å²) in [4.78, 5) is 0. The van der Waals surface area contributed by atoms with Crippen molar-refractivity contribution in [2.75, 3.05) is 7.05 Å². The largest absolute Gasteiger partial charge is 0.394 e. The lowest BCUT2D eigenvalue weighted by Crippen LogP contribution is -1.89. The molecule has 0 aromatic heterocycles. The molecule has 9 heavy (non-hydrogen) atoms. The molecule has 0 bridgehead atoms. The molecule has 0 aliphatic rings. The monoisotopic (exact) mass is 127 g/mol. The minimum atomic E-state index is 1.88. The standard InChI is InChI=1S/C6H11N.C2H6/c1-3-4-5-6-7-2;1-2/h3-7H,1-2H3;1-2H3/b4-3-,6-5-;. The van der Waals surface area contributed by atoms with Crippen LogP contribution in [0.2, 0.25) is 0 Å². The van der Waals surface area contributed by atoms with E-state index < -0.39 is 0 Å². The Hall–Kier alpha value is -0.720. The van der Waals surface area contributed by atoms with Gasteiger partial charge in [-0.05, 0) is 19.2 Å². The lowest BCUT2D eigenvalue weighted by Gasteiger charge is -1.77. The van der Waals surface area contributed by atoms with Crippen molar-refractivity contribution in [3.63, 3.8) is 0 Å². The second-order valence-electron chi connectivity index (χ2n) is 1.17. The Morgan fingerprint density at radius 3 is 2.00 bits per heavy atom. The van der Waals surface area contributed by atoms with Gasteiger partial charge in [-0.15, -0.1) is 0 Å². The van der Waals surface area contributed by atoms with E-state index in [-0.39, 0.29) is 0 Å². The molecule has 0 aliphatic heterocycles. The van der Waals surface area contributed by atoms with Crippen molar-refractivity contribution in [1.29, 1.82) is 0 Å². The Labute approximate surface area is 58.5 Å². The molecular formula is C8H17N. The minimum Gasteiger partial charge on any atom is -0.394 e. The van der Waals surface area contributed by atoms with Crippen LogP contribution in [-0.4, -0.2) is 7.05 Å². The Kier molecular flexibility index (Phi) is 19.4. The van der Waals surface area contributed by atoms with E-state index in [0.717, 1.165) is 0 Å². The second kappa shape index (κ2) is 15.7. The average molecular weight is 127 g/mol. The third kappa shape index (κ3) is 18.9. The van der Waals surface area contributed by atoms with Crippen LogP contribution < -0.4 is 5.32 Å². The van der Waals surface area contributed by atoms with E-state index in [1.54, 1.807) is 0 Å². The second-order valence-corrected chi connectivity index (χ2v) is 1.17. The molecule has 0 saturated heterocycles. The fourth-order valence-electron chi connectivity index (χ4n) is 0.263. The molecule has 54 valence electrons. The summed E-state index contributed by atoms with van der Waals surface area (Å²) in [6.45, 7) is 5.99. The quantitative estimate of drug-likeness (QED) is 0.561. The summed E-state index contributed by atoms with van der Waals surface area (Å²) in [7, 11) is 1.88. The summed E-state index contributed by atoms with van der Waals surface area (Å²) in [5, 5.41) is 2.87. The number of nitrogens with one attached hydrogen (secondary N) is 1. The van der Waals surface area contributed by atoms with Gasteiger partial charge in [-0.2, -0.15) is 0 Å². The number of allylic oxidation sites excluding steroid dienone is 3. The molecule has 0 amide bonds. The van der Waals surface area contributed by atoms with Gasteiger partial charge in [0, 0.05) is 7.05 Å². The number of hydrogen-bond acceptors (Lipinski definition) is 1. The summed E-state index contributed by atoms with van der Waals surface area (Å²) in [6, 6.07) is 0. The molecule has 0 heterocycles. The van der Waals surface area contributed by atoms with Crippen molar-refractivity contribution in [2.24, 2.45) is 0 Å². The van der Waals surface area contributed by atoms with Crippen LogP contribution in [0, 0.1) is 0 Å². The smallest absolute Gasteiger partial charge is 0.00277 e. The van der Waals surface area contributed by atoms with Gasteiger partial charge in [0.1, 0.15) is 0 Å².